The summed E-state index contributed by atoms with van der Waals surface area (Å²) < 4.78 is 30.6. The highest BCUT2D eigenvalue weighted by molar-refractivity contribution is 7.99. The molecule has 1 aliphatic rings. The minimum Gasteiger partial charge on any atom is -0.466 e. The Labute approximate surface area is 191 Å². The number of thioether (sulfide) groups is 1. The van der Waals surface area contributed by atoms with Crippen molar-refractivity contribution in [3.05, 3.63) is 76.9 Å². The van der Waals surface area contributed by atoms with Crippen molar-refractivity contribution in [2.45, 2.75) is 49.8 Å². The summed E-state index contributed by atoms with van der Waals surface area (Å²) in [6.07, 6.45) is 4.39. The van der Waals surface area contributed by atoms with Crippen LogP contribution in [0.4, 0.5) is 8.78 Å². The maximum atomic E-state index is 12.8. The summed E-state index contributed by atoms with van der Waals surface area (Å²) >= 11 is 0.406. The number of carbonyl (C=O) groups is 2. The zero-order valence-corrected chi connectivity index (χ0v) is 19.1. The van der Waals surface area contributed by atoms with Crippen molar-refractivity contribution in [1.29, 1.82) is 0 Å². The summed E-state index contributed by atoms with van der Waals surface area (Å²) in [6, 6.07) is 12.0. The first-order valence-corrected chi connectivity index (χ1v) is 11.4. The summed E-state index contributed by atoms with van der Waals surface area (Å²) in [5, 5.41) is 2.93. The number of carbonyl (C=O) groups excluding carboxylic acids is 2. The predicted molar refractivity (Wildman–Crippen MR) is 122 cm³/mol. The Balaban J connectivity index is 1.73. The van der Waals surface area contributed by atoms with Crippen LogP contribution in [0, 0.1) is 19.8 Å². The lowest BCUT2D eigenvalue weighted by Gasteiger charge is -2.23. The van der Waals surface area contributed by atoms with E-state index in [1.165, 1.54) is 6.07 Å². The molecule has 0 heterocycles. The van der Waals surface area contributed by atoms with Gasteiger partial charge in [0.25, 0.3) is 11.7 Å². The van der Waals surface area contributed by atoms with E-state index in [-0.39, 0.29) is 23.8 Å². The quantitative estimate of drug-likeness (QED) is 0.315. The number of benzene rings is 2. The van der Waals surface area contributed by atoms with Crippen molar-refractivity contribution in [1.82, 2.24) is 5.32 Å². The van der Waals surface area contributed by atoms with E-state index in [1.807, 2.05) is 38.1 Å². The van der Waals surface area contributed by atoms with Crippen LogP contribution in [0.5, 0.6) is 0 Å². The molecular weight excluding hydrogens is 432 g/mol. The topological polar surface area (TPSA) is 55.4 Å². The molecule has 2 aromatic carbocycles. The standard InChI is InChI=1S/C25H27F2NO3S/c1-4-31-24(30)22(19-11-15(2)10-16(3)12-19)17-8-9-20(13-17)28-23(29)18-6-5-7-21(14-18)32-25(26)27/h5-12,14,17,20,22,25H,4,13H2,1-3H3,(H,28,29). The van der Waals surface area contributed by atoms with E-state index in [4.69, 9.17) is 4.74 Å². The Bertz CT molecular complexity index is 988. The van der Waals surface area contributed by atoms with Crippen LogP contribution in [0.25, 0.3) is 0 Å². The maximum Gasteiger partial charge on any atom is 0.314 e. The van der Waals surface area contributed by atoms with Crippen LogP contribution >= 0.6 is 11.8 Å². The molecule has 0 bridgehead atoms. The van der Waals surface area contributed by atoms with Crippen LogP contribution in [-0.4, -0.2) is 30.3 Å². The maximum absolute atomic E-state index is 12.8. The van der Waals surface area contributed by atoms with E-state index in [1.54, 1.807) is 25.1 Å². The molecule has 0 fully saturated rings. The molecule has 0 radical (unpaired) electrons. The highest BCUT2D eigenvalue weighted by Gasteiger charge is 2.34. The third kappa shape index (κ3) is 6.19. The smallest absolute Gasteiger partial charge is 0.314 e. The van der Waals surface area contributed by atoms with Crippen molar-refractivity contribution in [2.75, 3.05) is 6.61 Å². The van der Waals surface area contributed by atoms with Gasteiger partial charge in [-0.2, -0.15) is 8.78 Å². The summed E-state index contributed by atoms with van der Waals surface area (Å²) in [5.74, 6) is -3.75. The molecule has 7 heteroatoms. The Kier molecular flexibility index (Phi) is 8.07. The lowest BCUT2D eigenvalue weighted by Crippen LogP contribution is -2.33. The summed E-state index contributed by atoms with van der Waals surface area (Å²) in [7, 11) is 0. The summed E-state index contributed by atoms with van der Waals surface area (Å²) in [6.45, 7) is 6.06. The number of alkyl halides is 2. The molecule has 0 saturated heterocycles. The van der Waals surface area contributed by atoms with E-state index >= 15 is 0 Å². The minimum atomic E-state index is -2.54. The van der Waals surface area contributed by atoms with E-state index in [0.717, 1.165) is 16.7 Å². The summed E-state index contributed by atoms with van der Waals surface area (Å²) in [5.41, 5.74) is 3.37. The molecule has 1 aliphatic carbocycles. The monoisotopic (exact) mass is 459 g/mol. The average molecular weight is 460 g/mol. The fourth-order valence-corrected chi connectivity index (χ4v) is 4.68. The summed E-state index contributed by atoms with van der Waals surface area (Å²) in [4.78, 5) is 25.8. The molecule has 1 N–H and O–H groups in total. The Morgan fingerprint density at radius 2 is 1.84 bits per heavy atom. The molecule has 0 saturated carbocycles. The minimum absolute atomic E-state index is 0.124. The van der Waals surface area contributed by atoms with Crippen LogP contribution < -0.4 is 5.32 Å². The first-order valence-electron chi connectivity index (χ1n) is 10.6. The zero-order chi connectivity index (χ0) is 23.3. The molecule has 32 heavy (non-hydrogen) atoms. The number of rotatable bonds is 8. The van der Waals surface area contributed by atoms with Gasteiger partial charge in [0.1, 0.15) is 0 Å². The number of ether oxygens (including phenoxy) is 1. The van der Waals surface area contributed by atoms with Gasteiger partial charge < -0.3 is 10.1 Å². The van der Waals surface area contributed by atoms with E-state index < -0.39 is 11.7 Å². The van der Waals surface area contributed by atoms with E-state index in [0.29, 0.717) is 35.2 Å². The number of hydrogen-bond donors (Lipinski definition) is 1. The van der Waals surface area contributed by atoms with Crippen LogP contribution in [0.15, 0.2) is 59.5 Å². The molecule has 1 amide bonds. The lowest BCUT2D eigenvalue weighted by molar-refractivity contribution is -0.146. The van der Waals surface area contributed by atoms with Gasteiger partial charge in [-0.05, 0) is 56.9 Å². The number of amides is 1. The van der Waals surface area contributed by atoms with Gasteiger partial charge >= 0.3 is 5.97 Å². The fraction of sp³-hybridized carbons (Fsp3) is 0.360. The lowest BCUT2D eigenvalue weighted by atomic mass is 9.84. The van der Waals surface area contributed by atoms with Gasteiger partial charge in [-0.15, -0.1) is 0 Å². The van der Waals surface area contributed by atoms with Crippen LogP contribution in [0.1, 0.15) is 46.3 Å². The molecule has 0 aromatic heterocycles. The van der Waals surface area contributed by atoms with Gasteiger partial charge in [0.15, 0.2) is 0 Å². The zero-order valence-electron chi connectivity index (χ0n) is 18.3. The van der Waals surface area contributed by atoms with Crippen molar-refractivity contribution >= 4 is 23.6 Å². The molecule has 170 valence electrons. The average Bonchev–Trinajstić information content (AvgIpc) is 3.15. The van der Waals surface area contributed by atoms with Crippen molar-refractivity contribution in [3.63, 3.8) is 0 Å². The van der Waals surface area contributed by atoms with Crippen molar-refractivity contribution in [2.24, 2.45) is 5.92 Å². The van der Waals surface area contributed by atoms with Crippen LogP contribution in [-0.2, 0) is 9.53 Å². The number of hydrogen-bond acceptors (Lipinski definition) is 4. The second-order valence-corrected chi connectivity index (χ2v) is 8.98. The second kappa shape index (κ2) is 10.8. The number of nitrogens with one attached hydrogen (secondary N) is 1. The molecule has 0 spiro atoms. The largest absolute Gasteiger partial charge is 0.466 e. The molecule has 2 aromatic rings. The predicted octanol–water partition coefficient (Wildman–Crippen LogP) is 5.64. The van der Waals surface area contributed by atoms with Gasteiger partial charge in [-0.3, -0.25) is 9.59 Å². The Morgan fingerprint density at radius 1 is 1.12 bits per heavy atom. The molecular formula is C25H27F2NO3S. The highest BCUT2D eigenvalue weighted by Crippen LogP contribution is 2.35. The first-order chi connectivity index (χ1) is 15.3. The van der Waals surface area contributed by atoms with Gasteiger partial charge in [-0.1, -0.05) is 59.3 Å². The van der Waals surface area contributed by atoms with Crippen LogP contribution in [0.3, 0.4) is 0 Å². The highest BCUT2D eigenvalue weighted by atomic mass is 32.2. The molecule has 3 atom stereocenters. The fourth-order valence-electron chi connectivity index (χ4n) is 4.13. The van der Waals surface area contributed by atoms with Gasteiger partial charge in [0, 0.05) is 16.5 Å². The van der Waals surface area contributed by atoms with E-state index in [2.05, 4.69) is 11.4 Å². The number of esters is 1. The third-order valence-electron chi connectivity index (χ3n) is 5.33. The van der Waals surface area contributed by atoms with Gasteiger partial charge in [0.2, 0.25) is 0 Å². The molecule has 0 aliphatic heterocycles. The Hall–Kier alpha value is -2.67. The number of halogens is 2. The van der Waals surface area contributed by atoms with Crippen molar-refractivity contribution in [3.8, 4) is 0 Å². The SMILES string of the molecule is CCOC(=O)C(c1cc(C)cc(C)c1)C1C=CC(NC(=O)c2cccc(SC(F)F)c2)C1. The first kappa shape index (κ1) is 24.0. The second-order valence-electron chi connectivity index (χ2n) is 7.92. The van der Waals surface area contributed by atoms with E-state index in [9.17, 15) is 18.4 Å². The third-order valence-corrected chi connectivity index (χ3v) is 6.03. The van der Waals surface area contributed by atoms with Gasteiger partial charge in [-0.25, -0.2) is 0 Å². The molecule has 3 rings (SSSR count). The number of aryl methyl sites for hydroxylation is 2. The Morgan fingerprint density at radius 3 is 2.50 bits per heavy atom. The van der Waals surface area contributed by atoms with Gasteiger partial charge in [0.05, 0.1) is 12.5 Å². The van der Waals surface area contributed by atoms with Crippen LogP contribution in [0.2, 0.25) is 0 Å². The molecule has 3 unspecified atom stereocenters. The van der Waals surface area contributed by atoms with Crippen molar-refractivity contribution < 1.29 is 23.1 Å². The molecule has 4 nitrogen and oxygen atoms in total. The normalized spacial score (nSPS) is 18.6. The number of allylic oxidation sites excluding steroid dienone is 1.